The zero-order valence-corrected chi connectivity index (χ0v) is 28.7. The molecule has 0 fully saturated rings. The third-order valence-corrected chi connectivity index (χ3v) is 8.36. The molecule has 0 saturated heterocycles. The summed E-state index contributed by atoms with van der Waals surface area (Å²) in [7, 11) is 0. The maximum absolute atomic E-state index is 15.0. The second-order valence-electron chi connectivity index (χ2n) is 13.8. The topological polar surface area (TPSA) is 108 Å². The molecule has 0 bridgehead atoms. The first-order valence-electron chi connectivity index (χ1n) is 16.1. The van der Waals surface area contributed by atoms with Crippen molar-refractivity contribution in [1.82, 2.24) is 10.2 Å². The lowest BCUT2D eigenvalue weighted by Gasteiger charge is -2.45. The monoisotopic (exact) mass is 637 g/mol. The van der Waals surface area contributed by atoms with Crippen molar-refractivity contribution in [1.29, 1.82) is 0 Å². The first-order chi connectivity index (χ1) is 22.1. The summed E-state index contributed by atoms with van der Waals surface area (Å²) >= 11 is 0. The predicted molar refractivity (Wildman–Crippen MR) is 187 cm³/mol. The number of carbonyl (C=O) groups is 3. The lowest BCUT2D eigenvalue weighted by atomic mass is 9.89. The molecule has 4 aromatic rings. The average molecular weight is 638 g/mol. The maximum Gasteiger partial charge on any atom is 0.408 e. The Balaban J connectivity index is 1.83. The van der Waals surface area contributed by atoms with Gasteiger partial charge in [-0.2, -0.15) is 0 Å². The number of fused-ring (bicyclic) bond motifs is 1. The number of nitrogens with one attached hydrogen (secondary N) is 2. The van der Waals surface area contributed by atoms with Gasteiger partial charge in [0.15, 0.2) is 0 Å². The number of ether oxygens (including phenoxy) is 1. The lowest BCUT2D eigenvalue weighted by molar-refractivity contribution is -0.147. The van der Waals surface area contributed by atoms with E-state index in [2.05, 4.69) is 10.6 Å². The zero-order chi connectivity index (χ0) is 34.5. The second-order valence-corrected chi connectivity index (χ2v) is 13.8. The van der Waals surface area contributed by atoms with E-state index in [0.717, 1.165) is 27.5 Å². The van der Waals surface area contributed by atoms with Crippen LogP contribution in [0.1, 0.15) is 76.3 Å². The summed E-state index contributed by atoms with van der Waals surface area (Å²) in [6.45, 7) is 15.0. The number of alkyl carbamates (subject to hydrolysis) is 1. The number of anilines is 1. The summed E-state index contributed by atoms with van der Waals surface area (Å²) in [4.78, 5) is 44.3. The number of phenols is 1. The Morgan fingerprint density at radius 1 is 0.851 bits per heavy atom. The number of aromatic hydroxyl groups is 1. The van der Waals surface area contributed by atoms with Gasteiger partial charge in [-0.05, 0) is 107 Å². The number of benzene rings is 4. The number of hydrogen-bond donors (Lipinski definition) is 3. The predicted octanol–water partition coefficient (Wildman–Crippen LogP) is 8.00. The molecule has 2 unspecified atom stereocenters. The van der Waals surface area contributed by atoms with E-state index in [1.54, 1.807) is 37.8 Å². The van der Waals surface area contributed by atoms with Gasteiger partial charge in [-0.3, -0.25) is 9.59 Å². The van der Waals surface area contributed by atoms with Crippen molar-refractivity contribution in [3.05, 3.63) is 107 Å². The van der Waals surface area contributed by atoms with Crippen LogP contribution in [-0.4, -0.2) is 45.1 Å². The van der Waals surface area contributed by atoms with Gasteiger partial charge in [0.05, 0.1) is 0 Å². The smallest absolute Gasteiger partial charge is 0.408 e. The summed E-state index contributed by atoms with van der Waals surface area (Å²) in [6, 6.07) is 23.8. The van der Waals surface area contributed by atoms with E-state index in [9.17, 15) is 19.5 Å². The quantitative estimate of drug-likeness (QED) is 0.163. The molecule has 0 aliphatic carbocycles. The Hall–Kier alpha value is -4.85. The van der Waals surface area contributed by atoms with Crippen LogP contribution in [0.2, 0.25) is 0 Å². The molecule has 8 nitrogen and oxygen atoms in total. The van der Waals surface area contributed by atoms with E-state index in [0.29, 0.717) is 17.7 Å². The van der Waals surface area contributed by atoms with E-state index in [1.807, 2.05) is 95.3 Å². The molecule has 8 heteroatoms. The van der Waals surface area contributed by atoms with Gasteiger partial charge in [-0.25, -0.2) is 4.79 Å². The molecule has 0 aromatic heterocycles. The molecule has 3 N–H and O–H groups in total. The molecule has 4 aromatic carbocycles. The van der Waals surface area contributed by atoms with Gasteiger partial charge < -0.3 is 25.4 Å². The van der Waals surface area contributed by atoms with Gasteiger partial charge in [-0.1, -0.05) is 73.2 Å². The molecule has 0 heterocycles. The average Bonchev–Trinajstić information content (AvgIpc) is 2.99. The molecule has 47 heavy (non-hydrogen) atoms. The van der Waals surface area contributed by atoms with Crippen LogP contribution in [0.3, 0.4) is 0 Å². The van der Waals surface area contributed by atoms with Crippen LogP contribution < -0.4 is 10.6 Å². The highest BCUT2D eigenvalue weighted by Gasteiger charge is 2.43. The standard InChI is InChI=1S/C39H47N3O5/c1-9-39(7,8)42(36(45)33(41-37(46)47-38(4,5)6)23-27-15-19-31(43)20-16-27)34(32-21-14-25(2)22-26(32)3)35(44)40-30-18-17-28-12-10-11-13-29(28)24-30/h10-22,24,33-34,43H,9,23H2,1-8H3,(H,40,44)(H,41,46). The first-order valence-corrected chi connectivity index (χ1v) is 16.1. The SMILES string of the molecule is CCC(C)(C)N(C(=O)C(Cc1ccc(O)cc1)NC(=O)OC(C)(C)C)C(C(=O)Nc1ccc2ccccc2c1)c1ccc(C)cc1C. The van der Waals surface area contributed by atoms with Crippen molar-refractivity contribution in [3.63, 3.8) is 0 Å². The fraction of sp³-hybridized carbons (Fsp3) is 0.359. The maximum atomic E-state index is 15.0. The first kappa shape index (κ1) is 35.0. The van der Waals surface area contributed by atoms with Crippen molar-refractivity contribution in [3.8, 4) is 5.75 Å². The summed E-state index contributed by atoms with van der Waals surface area (Å²) in [5, 5.41) is 17.8. The molecular weight excluding hydrogens is 590 g/mol. The third-order valence-electron chi connectivity index (χ3n) is 8.36. The molecule has 4 rings (SSSR count). The molecule has 0 aliphatic rings. The molecule has 0 radical (unpaired) electrons. The Bertz CT molecular complexity index is 1740. The van der Waals surface area contributed by atoms with Gasteiger partial charge in [-0.15, -0.1) is 0 Å². The number of amides is 3. The number of hydrogen-bond acceptors (Lipinski definition) is 5. The van der Waals surface area contributed by atoms with E-state index in [1.165, 1.54) is 12.1 Å². The van der Waals surface area contributed by atoms with E-state index in [-0.39, 0.29) is 18.1 Å². The van der Waals surface area contributed by atoms with Gasteiger partial charge >= 0.3 is 6.09 Å². The highest BCUT2D eigenvalue weighted by molar-refractivity contribution is 6.01. The van der Waals surface area contributed by atoms with E-state index >= 15 is 0 Å². The molecule has 3 amide bonds. The number of phenolic OH excluding ortho intramolecular Hbond substituents is 1. The van der Waals surface area contributed by atoms with Gasteiger partial charge in [0, 0.05) is 17.6 Å². The Kier molecular flexibility index (Phi) is 10.6. The van der Waals surface area contributed by atoms with Crippen LogP contribution >= 0.6 is 0 Å². The fourth-order valence-electron chi connectivity index (χ4n) is 5.64. The van der Waals surface area contributed by atoms with Crippen molar-refractivity contribution in [2.75, 3.05) is 5.32 Å². The number of nitrogens with zero attached hydrogens (tertiary/aromatic N) is 1. The molecular formula is C39H47N3O5. The lowest BCUT2D eigenvalue weighted by Crippen LogP contribution is -2.59. The number of aryl methyl sites for hydroxylation is 2. The van der Waals surface area contributed by atoms with Crippen LogP contribution in [0.25, 0.3) is 10.8 Å². The van der Waals surface area contributed by atoms with Crippen LogP contribution in [-0.2, 0) is 20.7 Å². The normalized spacial score (nSPS) is 13.0. The summed E-state index contributed by atoms with van der Waals surface area (Å²) in [6.07, 6.45) is -0.102. The van der Waals surface area contributed by atoms with Gasteiger partial charge in [0.2, 0.25) is 5.91 Å². The molecule has 2 atom stereocenters. The highest BCUT2D eigenvalue weighted by atomic mass is 16.6. The van der Waals surface area contributed by atoms with Crippen LogP contribution in [0.5, 0.6) is 5.75 Å². The minimum atomic E-state index is -1.08. The number of rotatable bonds is 10. The van der Waals surface area contributed by atoms with Crippen molar-refractivity contribution >= 4 is 34.4 Å². The zero-order valence-electron chi connectivity index (χ0n) is 28.7. The van der Waals surface area contributed by atoms with Gasteiger partial charge in [0.25, 0.3) is 5.91 Å². The number of carbonyl (C=O) groups excluding carboxylic acids is 3. The van der Waals surface area contributed by atoms with Gasteiger partial charge in [0.1, 0.15) is 23.4 Å². The van der Waals surface area contributed by atoms with Crippen molar-refractivity contribution < 1.29 is 24.2 Å². The third kappa shape index (κ3) is 8.91. The highest BCUT2D eigenvalue weighted by Crippen LogP contribution is 2.35. The Morgan fingerprint density at radius 2 is 1.51 bits per heavy atom. The minimum Gasteiger partial charge on any atom is -0.508 e. The Labute approximate surface area is 278 Å². The Morgan fingerprint density at radius 3 is 2.13 bits per heavy atom. The van der Waals surface area contributed by atoms with Crippen LogP contribution in [0.4, 0.5) is 10.5 Å². The largest absolute Gasteiger partial charge is 0.508 e. The molecule has 0 saturated carbocycles. The van der Waals surface area contributed by atoms with E-state index < -0.39 is 35.2 Å². The molecule has 0 aliphatic heterocycles. The van der Waals surface area contributed by atoms with E-state index in [4.69, 9.17) is 4.74 Å². The summed E-state index contributed by atoms with van der Waals surface area (Å²) in [5.41, 5.74) is 2.30. The summed E-state index contributed by atoms with van der Waals surface area (Å²) < 4.78 is 5.57. The van der Waals surface area contributed by atoms with Crippen LogP contribution in [0.15, 0.2) is 84.9 Å². The van der Waals surface area contributed by atoms with Crippen molar-refractivity contribution in [2.24, 2.45) is 0 Å². The molecule has 248 valence electrons. The minimum absolute atomic E-state index is 0.0887. The molecule has 0 spiro atoms. The van der Waals surface area contributed by atoms with Crippen LogP contribution in [0, 0.1) is 13.8 Å². The second kappa shape index (κ2) is 14.3. The van der Waals surface area contributed by atoms with Crippen molar-refractivity contribution in [2.45, 2.75) is 91.5 Å². The fourth-order valence-corrected chi connectivity index (χ4v) is 5.64. The summed E-state index contributed by atoms with van der Waals surface area (Å²) in [5.74, 6) is -0.720.